The summed E-state index contributed by atoms with van der Waals surface area (Å²) in [6.07, 6.45) is 0. The largest absolute Gasteiger partial charge is 0.411 e. The molecule has 0 spiro atoms. The predicted molar refractivity (Wildman–Crippen MR) is 111 cm³/mol. The van der Waals surface area contributed by atoms with E-state index in [4.69, 9.17) is 9.52 Å². The number of aliphatic hydroxyl groups is 1. The summed E-state index contributed by atoms with van der Waals surface area (Å²) >= 11 is 0. The van der Waals surface area contributed by atoms with Gasteiger partial charge in [0.05, 0.1) is 29.6 Å². The molecule has 1 aromatic heterocycles. The molecule has 1 atom stereocenters. The summed E-state index contributed by atoms with van der Waals surface area (Å²) < 4.78 is 21.5. The molecule has 0 aliphatic rings. The molecule has 1 heterocycles. The summed E-state index contributed by atoms with van der Waals surface area (Å²) in [6, 6.07) is 8.04. The smallest absolute Gasteiger partial charge is 0.192 e. The second kappa shape index (κ2) is 7.49. The van der Waals surface area contributed by atoms with Crippen LogP contribution in [0.15, 0.2) is 30.3 Å². The van der Waals surface area contributed by atoms with Crippen LogP contribution < -0.4 is 0 Å². The lowest BCUT2D eigenvalue weighted by Crippen LogP contribution is -2.41. The molecule has 0 amide bonds. The fraction of sp³-hybridized carbons (Fsp3) is 0.571. The van der Waals surface area contributed by atoms with Gasteiger partial charge >= 0.3 is 0 Å². The molecule has 1 aromatic carbocycles. The van der Waals surface area contributed by atoms with Crippen molar-refractivity contribution in [3.05, 3.63) is 41.8 Å². The van der Waals surface area contributed by atoms with E-state index < -0.39 is 13.9 Å². The molecule has 2 rings (SSSR count). The SMILES string of the molecule is CC(n1nc(-c2ccc(F)cc2)cc1CO[Si](C)(C)C(C)(C)C)C(C)(C)O. The Hall–Kier alpha value is -1.50. The first kappa shape index (κ1) is 21.8. The highest BCUT2D eigenvalue weighted by Gasteiger charge is 2.37. The van der Waals surface area contributed by atoms with Gasteiger partial charge in [-0.25, -0.2) is 4.39 Å². The second-order valence-electron chi connectivity index (χ2n) is 9.35. The molecule has 150 valence electrons. The van der Waals surface area contributed by atoms with Crippen LogP contribution in [0.2, 0.25) is 18.1 Å². The average Bonchev–Trinajstić information content (AvgIpc) is 2.95. The Morgan fingerprint density at radius 1 is 1.15 bits per heavy atom. The Labute approximate surface area is 163 Å². The zero-order valence-corrected chi connectivity index (χ0v) is 18.8. The molecule has 0 aliphatic heterocycles. The Morgan fingerprint density at radius 2 is 1.70 bits per heavy atom. The number of nitrogens with zero attached hydrogens (tertiary/aromatic N) is 2. The zero-order chi connectivity index (χ0) is 20.6. The van der Waals surface area contributed by atoms with Crippen LogP contribution >= 0.6 is 0 Å². The lowest BCUT2D eigenvalue weighted by atomic mass is 10.0. The number of aromatic nitrogens is 2. The third-order valence-corrected chi connectivity index (χ3v) is 10.2. The summed E-state index contributed by atoms with van der Waals surface area (Å²) in [5, 5.41) is 15.3. The fourth-order valence-electron chi connectivity index (χ4n) is 2.41. The first-order chi connectivity index (χ1) is 12.2. The minimum Gasteiger partial charge on any atom is -0.411 e. The lowest BCUT2D eigenvalue weighted by molar-refractivity contribution is 0.0235. The minimum absolute atomic E-state index is 0.111. The van der Waals surface area contributed by atoms with Gasteiger partial charge in [0.25, 0.3) is 0 Å². The van der Waals surface area contributed by atoms with Crippen LogP contribution in [0, 0.1) is 5.82 Å². The van der Waals surface area contributed by atoms with Crippen molar-refractivity contribution in [3.63, 3.8) is 0 Å². The monoisotopic (exact) mass is 392 g/mol. The lowest BCUT2D eigenvalue weighted by Gasteiger charge is -2.36. The molecule has 0 fully saturated rings. The van der Waals surface area contributed by atoms with Gasteiger partial charge in [-0.2, -0.15) is 5.10 Å². The van der Waals surface area contributed by atoms with Crippen molar-refractivity contribution < 1.29 is 13.9 Å². The van der Waals surface area contributed by atoms with Gasteiger partial charge < -0.3 is 9.53 Å². The highest BCUT2D eigenvalue weighted by molar-refractivity contribution is 6.74. The first-order valence-corrected chi connectivity index (χ1v) is 12.3. The van der Waals surface area contributed by atoms with E-state index in [9.17, 15) is 9.50 Å². The van der Waals surface area contributed by atoms with Gasteiger partial charge in [0.15, 0.2) is 8.32 Å². The molecule has 0 bridgehead atoms. The van der Waals surface area contributed by atoms with E-state index in [-0.39, 0.29) is 16.9 Å². The highest BCUT2D eigenvalue weighted by atomic mass is 28.4. The van der Waals surface area contributed by atoms with Crippen molar-refractivity contribution in [2.24, 2.45) is 0 Å². The molecule has 0 saturated carbocycles. The van der Waals surface area contributed by atoms with Crippen LogP contribution in [0.3, 0.4) is 0 Å². The molecule has 0 aliphatic carbocycles. The van der Waals surface area contributed by atoms with Gasteiger partial charge in [-0.15, -0.1) is 0 Å². The van der Waals surface area contributed by atoms with Crippen LogP contribution in [0.4, 0.5) is 4.39 Å². The Morgan fingerprint density at radius 3 is 2.19 bits per heavy atom. The van der Waals surface area contributed by atoms with E-state index >= 15 is 0 Å². The van der Waals surface area contributed by atoms with Crippen LogP contribution in [0.1, 0.15) is 53.3 Å². The van der Waals surface area contributed by atoms with Gasteiger partial charge in [0.2, 0.25) is 0 Å². The number of halogens is 1. The Bertz CT molecular complexity index is 771. The predicted octanol–water partition coefficient (Wildman–Crippen LogP) is 5.54. The van der Waals surface area contributed by atoms with E-state index in [1.54, 1.807) is 26.0 Å². The second-order valence-corrected chi connectivity index (χ2v) is 14.2. The first-order valence-electron chi connectivity index (χ1n) is 9.43. The molecule has 2 aromatic rings. The molecule has 0 saturated heterocycles. The molecule has 6 heteroatoms. The summed E-state index contributed by atoms with van der Waals surface area (Å²) in [6.45, 7) is 17.0. The number of hydrogen-bond donors (Lipinski definition) is 1. The molecule has 1 N–H and O–H groups in total. The fourth-order valence-corrected chi connectivity index (χ4v) is 3.35. The molecule has 27 heavy (non-hydrogen) atoms. The third kappa shape index (κ3) is 5.06. The van der Waals surface area contributed by atoms with E-state index in [1.165, 1.54) is 12.1 Å². The maximum atomic E-state index is 13.3. The molecule has 4 nitrogen and oxygen atoms in total. The van der Waals surface area contributed by atoms with Crippen molar-refractivity contribution in [2.45, 2.75) is 77.9 Å². The summed E-state index contributed by atoms with van der Waals surface area (Å²) in [5.74, 6) is -0.274. The van der Waals surface area contributed by atoms with E-state index in [0.29, 0.717) is 6.61 Å². The molecular formula is C21H33FN2O2Si. The third-order valence-electron chi connectivity index (χ3n) is 5.73. The normalized spacial score (nSPS) is 14.4. The van der Waals surface area contributed by atoms with E-state index in [2.05, 4.69) is 33.9 Å². The summed E-state index contributed by atoms with van der Waals surface area (Å²) in [4.78, 5) is 0. The molecule has 1 unspecified atom stereocenters. The molecule has 0 radical (unpaired) electrons. The maximum Gasteiger partial charge on any atom is 0.192 e. The quantitative estimate of drug-likeness (QED) is 0.656. The van der Waals surface area contributed by atoms with Crippen LogP contribution in [-0.2, 0) is 11.0 Å². The van der Waals surface area contributed by atoms with E-state index in [1.807, 2.05) is 17.7 Å². The van der Waals surface area contributed by atoms with Crippen LogP contribution in [0.5, 0.6) is 0 Å². The van der Waals surface area contributed by atoms with Crippen molar-refractivity contribution in [1.29, 1.82) is 0 Å². The average molecular weight is 393 g/mol. The summed E-state index contributed by atoms with van der Waals surface area (Å²) in [5.41, 5.74) is 1.57. The Kier molecular flexibility index (Phi) is 6.04. The highest BCUT2D eigenvalue weighted by Crippen LogP contribution is 2.37. The van der Waals surface area contributed by atoms with Crippen LogP contribution in [0.25, 0.3) is 11.3 Å². The van der Waals surface area contributed by atoms with Gasteiger partial charge in [0.1, 0.15) is 5.82 Å². The van der Waals surface area contributed by atoms with Crippen molar-refractivity contribution >= 4 is 8.32 Å². The van der Waals surface area contributed by atoms with E-state index in [0.717, 1.165) is 17.0 Å². The standard InChI is InChI=1S/C21H33FN2O2Si/c1-15(21(5,6)25)24-18(14-26-27(7,8)20(2,3)4)13-19(23-24)16-9-11-17(22)12-10-16/h9-13,15,25H,14H2,1-8H3. The minimum atomic E-state index is -1.92. The summed E-state index contributed by atoms with van der Waals surface area (Å²) in [7, 11) is -1.92. The number of hydrogen-bond acceptors (Lipinski definition) is 3. The topological polar surface area (TPSA) is 47.3 Å². The number of rotatable bonds is 6. The maximum absolute atomic E-state index is 13.3. The van der Waals surface area contributed by atoms with Gasteiger partial charge in [-0.3, -0.25) is 4.68 Å². The zero-order valence-electron chi connectivity index (χ0n) is 17.8. The molecular weight excluding hydrogens is 359 g/mol. The van der Waals surface area contributed by atoms with Crippen molar-refractivity contribution in [2.75, 3.05) is 0 Å². The van der Waals surface area contributed by atoms with Crippen molar-refractivity contribution in [1.82, 2.24) is 9.78 Å². The number of benzene rings is 1. The van der Waals surface area contributed by atoms with Gasteiger partial charge in [-0.05, 0) is 69.2 Å². The Balaban J connectivity index is 2.40. The van der Waals surface area contributed by atoms with Crippen LogP contribution in [-0.4, -0.2) is 28.8 Å². The van der Waals surface area contributed by atoms with Crippen molar-refractivity contribution in [3.8, 4) is 11.3 Å². The van der Waals surface area contributed by atoms with Gasteiger partial charge in [-0.1, -0.05) is 20.8 Å². The van der Waals surface area contributed by atoms with Gasteiger partial charge in [0, 0.05) is 5.56 Å².